The molecule has 0 spiro atoms. The molecule has 35 heavy (non-hydrogen) atoms. The number of likely N-dealkylation sites (tertiary alicyclic amines) is 1. The summed E-state index contributed by atoms with van der Waals surface area (Å²) in [5.74, 6) is 1.40. The molecule has 7 heteroatoms. The van der Waals surface area contributed by atoms with E-state index in [1.165, 1.54) is 11.3 Å². The number of rotatable bonds is 5. The molecule has 6 nitrogen and oxygen atoms in total. The number of hydrogen-bond donors (Lipinski definition) is 1. The molecule has 1 aliphatic rings. The second-order valence-electron chi connectivity index (χ2n) is 8.72. The Kier molecular flexibility index (Phi) is 6.59. The van der Waals surface area contributed by atoms with E-state index in [-0.39, 0.29) is 5.91 Å². The highest BCUT2D eigenvalue weighted by Crippen LogP contribution is 2.45. The zero-order chi connectivity index (χ0) is 24.4. The van der Waals surface area contributed by atoms with Crippen LogP contribution in [0, 0.1) is 0 Å². The number of amides is 1. The van der Waals surface area contributed by atoms with Gasteiger partial charge in [0.15, 0.2) is 0 Å². The number of anilines is 1. The van der Waals surface area contributed by atoms with E-state index in [0.29, 0.717) is 22.1 Å². The van der Waals surface area contributed by atoms with Gasteiger partial charge >= 0.3 is 0 Å². The topological polar surface area (TPSA) is 77.7 Å². The smallest absolute Gasteiger partial charge is 0.266 e. The van der Waals surface area contributed by atoms with Crippen molar-refractivity contribution in [1.29, 1.82) is 0 Å². The van der Waals surface area contributed by atoms with Gasteiger partial charge in [0.2, 0.25) is 0 Å². The van der Waals surface area contributed by atoms with Gasteiger partial charge in [-0.15, -0.1) is 11.3 Å². The molecular weight excluding hydrogens is 458 g/mol. The van der Waals surface area contributed by atoms with E-state index >= 15 is 0 Å². The van der Waals surface area contributed by atoms with Crippen LogP contribution in [0.25, 0.3) is 32.6 Å². The van der Waals surface area contributed by atoms with Gasteiger partial charge in [0.1, 0.15) is 21.2 Å². The molecule has 1 saturated heterocycles. The third-order valence-corrected chi connectivity index (χ3v) is 7.64. The lowest BCUT2D eigenvalue weighted by atomic mass is 9.98. The number of benzene rings is 2. The molecule has 180 valence electrons. The number of carbonyl (C=O) groups is 1. The molecular formula is C28H29N3O3S. The van der Waals surface area contributed by atoms with Crippen molar-refractivity contribution in [1.82, 2.24) is 9.88 Å². The molecule has 2 aromatic heterocycles. The van der Waals surface area contributed by atoms with Gasteiger partial charge in [-0.25, -0.2) is 4.98 Å². The van der Waals surface area contributed by atoms with Crippen LogP contribution in [0.1, 0.15) is 35.4 Å². The maximum atomic E-state index is 13.6. The fourth-order valence-corrected chi connectivity index (χ4v) is 5.78. The number of methoxy groups -OCH3 is 2. The third kappa shape index (κ3) is 4.44. The molecule has 1 fully saturated rings. The van der Waals surface area contributed by atoms with E-state index in [1.54, 1.807) is 14.2 Å². The number of pyridine rings is 1. The number of nitrogens with zero attached hydrogens (tertiary/aromatic N) is 2. The van der Waals surface area contributed by atoms with E-state index in [2.05, 4.69) is 0 Å². The summed E-state index contributed by atoms with van der Waals surface area (Å²) in [4.78, 5) is 21.7. The number of nitrogen functional groups attached to an aromatic ring is 1. The molecule has 1 aliphatic heterocycles. The zero-order valence-electron chi connectivity index (χ0n) is 20.0. The van der Waals surface area contributed by atoms with Crippen LogP contribution in [-0.4, -0.2) is 43.1 Å². The van der Waals surface area contributed by atoms with Crippen LogP contribution in [0.3, 0.4) is 0 Å². The predicted molar refractivity (Wildman–Crippen MR) is 142 cm³/mol. The second kappa shape index (κ2) is 9.96. The van der Waals surface area contributed by atoms with Crippen LogP contribution in [-0.2, 0) is 0 Å². The van der Waals surface area contributed by atoms with Gasteiger partial charge in [0.25, 0.3) is 5.91 Å². The minimum atomic E-state index is -0.00258. The van der Waals surface area contributed by atoms with E-state index < -0.39 is 0 Å². The molecule has 1 amide bonds. The molecule has 0 unspecified atom stereocenters. The fourth-order valence-electron chi connectivity index (χ4n) is 4.69. The number of fused-ring (bicyclic) bond motifs is 1. The third-order valence-electron chi connectivity index (χ3n) is 6.55. The van der Waals surface area contributed by atoms with Crippen LogP contribution in [0.5, 0.6) is 11.5 Å². The summed E-state index contributed by atoms with van der Waals surface area (Å²) >= 11 is 1.37. The van der Waals surface area contributed by atoms with Crippen molar-refractivity contribution in [3.63, 3.8) is 0 Å². The van der Waals surface area contributed by atoms with Crippen LogP contribution >= 0.6 is 11.3 Å². The van der Waals surface area contributed by atoms with Gasteiger partial charge in [-0.3, -0.25) is 4.79 Å². The number of hydrogen-bond acceptors (Lipinski definition) is 6. The maximum Gasteiger partial charge on any atom is 0.266 e. The zero-order valence-corrected chi connectivity index (χ0v) is 20.9. The summed E-state index contributed by atoms with van der Waals surface area (Å²) in [5, 5.41) is 0.777. The highest BCUT2D eigenvalue weighted by atomic mass is 32.1. The van der Waals surface area contributed by atoms with Crippen molar-refractivity contribution in [3.8, 4) is 33.9 Å². The quantitative estimate of drug-likeness (QED) is 0.360. The SMILES string of the molecule is COc1ccc(OC)c(-c2cc(-c3ccccc3)nc3sc(C(=O)N4CCCCCC4)c(N)c23)c1. The van der Waals surface area contributed by atoms with E-state index in [0.717, 1.165) is 71.4 Å². The van der Waals surface area contributed by atoms with Crippen LogP contribution < -0.4 is 15.2 Å². The lowest BCUT2D eigenvalue weighted by molar-refractivity contribution is 0.0767. The van der Waals surface area contributed by atoms with Crippen molar-refractivity contribution in [2.24, 2.45) is 0 Å². The Labute approximate surface area is 209 Å². The monoisotopic (exact) mass is 487 g/mol. The van der Waals surface area contributed by atoms with Gasteiger partial charge in [-0.1, -0.05) is 43.2 Å². The molecule has 2 N–H and O–H groups in total. The van der Waals surface area contributed by atoms with Crippen LogP contribution in [0.2, 0.25) is 0 Å². The number of nitrogens with two attached hydrogens (primary N) is 1. The Morgan fingerprint density at radius 1 is 0.943 bits per heavy atom. The summed E-state index contributed by atoms with van der Waals surface area (Å²) in [6, 6.07) is 17.7. The molecule has 0 aliphatic carbocycles. The van der Waals surface area contributed by atoms with Crippen LogP contribution in [0.15, 0.2) is 54.6 Å². The Bertz CT molecular complexity index is 1360. The van der Waals surface area contributed by atoms with Gasteiger partial charge in [0, 0.05) is 35.2 Å². The van der Waals surface area contributed by atoms with Gasteiger partial charge in [0.05, 0.1) is 25.6 Å². The molecule has 2 aromatic carbocycles. The lowest BCUT2D eigenvalue weighted by Gasteiger charge is -2.19. The summed E-state index contributed by atoms with van der Waals surface area (Å²) in [6.07, 6.45) is 4.37. The normalized spacial score (nSPS) is 14.1. The first-order chi connectivity index (χ1) is 17.1. The first kappa shape index (κ1) is 23.2. The van der Waals surface area contributed by atoms with Gasteiger partial charge in [-0.05, 0) is 37.1 Å². The molecule has 0 saturated carbocycles. The van der Waals surface area contributed by atoms with Crippen molar-refractivity contribution < 1.29 is 14.3 Å². The molecule has 0 radical (unpaired) electrons. The largest absolute Gasteiger partial charge is 0.497 e. The molecule has 0 bridgehead atoms. The number of carbonyl (C=O) groups excluding carboxylic acids is 1. The fraction of sp³-hybridized carbons (Fsp3) is 0.286. The van der Waals surface area contributed by atoms with E-state index in [9.17, 15) is 4.79 Å². The number of thiophene rings is 1. The van der Waals surface area contributed by atoms with E-state index in [4.69, 9.17) is 20.2 Å². The van der Waals surface area contributed by atoms with Crippen molar-refractivity contribution >= 4 is 33.1 Å². The van der Waals surface area contributed by atoms with Crippen molar-refractivity contribution in [2.75, 3.05) is 33.0 Å². The summed E-state index contributed by atoms with van der Waals surface area (Å²) in [5.41, 5.74) is 10.7. The number of aromatic nitrogens is 1. The molecule has 0 atom stereocenters. The average molecular weight is 488 g/mol. The minimum absolute atomic E-state index is 0.00258. The first-order valence-corrected chi connectivity index (χ1v) is 12.7. The van der Waals surface area contributed by atoms with Crippen LogP contribution in [0.4, 0.5) is 5.69 Å². The lowest BCUT2D eigenvalue weighted by Crippen LogP contribution is -2.31. The Morgan fingerprint density at radius 2 is 1.69 bits per heavy atom. The minimum Gasteiger partial charge on any atom is -0.497 e. The standard InChI is InChI=1S/C28H29N3O3S/c1-33-19-12-13-23(34-2)20(16-19)21-17-22(18-10-6-5-7-11-18)30-27-24(21)25(29)26(35-27)28(32)31-14-8-3-4-9-15-31/h5-7,10-13,16-17H,3-4,8-9,14-15,29H2,1-2H3. The maximum absolute atomic E-state index is 13.6. The van der Waals surface area contributed by atoms with Crippen molar-refractivity contribution in [3.05, 3.63) is 59.5 Å². The van der Waals surface area contributed by atoms with E-state index in [1.807, 2.05) is 59.5 Å². The first-order valence-electron chi connectivity index (χ1n) is 11.9. The Balaban J connectivity index is 1.74. The molecule has 3 heterocycles. The Hall–Kier alpha value is -3.58. The van der Waals surface area contributed by atoms with Crippen molar-refractivity contribution in [2.45, 2.75) is 25.7 Å². The molecule has 5 rings (SSSR count). The van der Waals surface area contributed by atoms with Gasteiger partial charge in [-0.2, -0.15) is 0 Å². The number of ether oxygens (including phenoxy) is 2. The summed E-state index contributed by atoms with van der Waals surface area (Å²) < 4.78 is 11.2. The Morgan fingerprint density at radius 3 is 2.37 bits per heavy atom. The summed E-state index contributed by atoms with van der Waals surface area (Å²) in [7, 11) is 3.28. The molecule has 4 aromatic rings. The van der Waals surface area contributed by atoms with Gasteiger partial charge < -0.3 is 20.1 Å². The predicted octanol–water partition coefficient (Wildman–Crippen LogP) is 6.25. The summed E-state index contributed by atoms with van der Waals surface area (Å²) in [6.45, 7) is 1.54. The second-order valence-corrected chi connectivity index (χ2v) is 9.72. The highest BCUT2D eigenvalue weighted by molar-refractivity contribution is 7.21. The highest BCUT2D eigenvalue weighted by Gasteiger charge is 2.26. The average Bonchev–Trinajstić information content (AvgIpc) is 3.06.